The van der Waals surface area contributed by atoms with Gasteiger partial charge in [0.15, 0.2) is 0 Å². The van der Waals surface area contributed by atoms with E-state index in [1.165, 1.54) is 43.4 Å². The van der Waals surface area contributed by atoms with Crippen LogP contribution < -0.4 is 10.1 Å². The summed E-state index contributed by atoms with van der Waals surface area (Å²) in [4.78, 5) is 0. The van der Waals surface area contributed by atoms with Crippen molar-refractivity contribution in [2.75, 3.05) is 18.5 Å². The number of hydrogen-bond acceptors (Lipinski definition) is 2. The number of benzene rings is 1. The molecule has 1 aliphatic rings. The predicted molar refractivity (Wildman–Crippen MR) is 72.9 cm³/mol. The average molecular weight is 233 g/mol. The van der Waals surface area contributed by atoms with Crippen molar-refractivity contribution in [1.29, 1.82) is 0 Å². The summed E-state index contributed by atoms with van der Waals surface area (Å²) < 4.78 is 5.91. The second kappa shape index (κ2) is 6.53. The van der Waals surface area contributed by atoms with E-state index in [0.717, 1.165) is 25.3 Å². The summed E-state index contributed by atoms with van der Waals surface area (Å²) in [6, 6.07) is 6.34. The summed E-state index contributed by atoms with van der Waals surface area (Å²) in [5.74, 6) is 1.09. The van der Waals surface area contributed by atoms with Gasteiger partial charge in [-0.25, -0.2) is 0 Å². The maximum atomic E-state index is 5.91. The highest BCUT2D eigenvalue weighted by Crippen LogP contribution is 2.30. The van der Waals surface area contributed by atoms with Crippen molar-refractivity contribution in [3.8, 4) is 5.75 Å². The van der Waals surface area contributed by atoms with Crippen molar-refractivity contribution in [3.05, 3.63) is 23.8 Å². The molecule has 94 valence electrons. The molecular weight excluding hydrogens is 210 g/mol. The van der Waals surface area contributed by atoms with Crippen molar-refractivity contribution >= 4 is 5.69 Å². The van der Waals surface area contributed by atoms with Crippen molar-refractivity contribution in [2.24, 2.45) is 0 Å². The Morgan fingerprint density at radius 3 is 3.06 bits per heavy atom. The molecule has 0 amide bonds. The van der Waals surface area contributed by atoms with E-state index in [1.807, 2.05) is 0 Å². The van der Waals surface area contributed by atoms with Crippen molar-refractivity contribution < 1.29 is 4.74 Å². The number of unbranched alkanes of at least 4 members (excludes halogenated alkanes) is 3. The lowest BCUT2D eigenvalue weighted by molar-refractivity contribution is 0.302. The van der Waals surface area contributed by atoms with Gasteiger partial charge in [0, 0.05) is 17.8 Å². The molecule has 0 spiro atoms. The van der Waals surface area contributed by atoms with Gasteiger partial charge in [0.05, 0.1) is 6.61 Å². The maximum absolute atomic E-state index is 5.91. The van der Waals surface area contributed by atoms with Crippen LogP contribution in [0.1, 0.15) is 44.6 Å². The number of fused-ring (bicyclic) bond motifs is 1. The maximum Gasteiger partial charge on any atom is 0.124 e. The Labute approximate surface area is 104 Å². The van der Waals surface area contributed by atoms with Crippen LogP contribution >= 0.6 is 0 Å². The van der Waals surface area contributed by atoms with Crippen LogP contribution in [-0.2, 0) is 6.42 Å². The van der Waals surface area contributed by atoms with Gasteiger partial charge in [-0.3, -0.25) is 0 Å². The Kier molecular flexibility index (Phi) is 4.72. The lowest BCUT2D eigenvalue weighted by Crippen LogP contribution is -2.13. The van der Waals surface area contributed by atoms with Gasteiger partial charge >= 0.3 is 0 Å². The molecule has 0 aliphatic carbocycles. The van der Waals surface area contributed by atoms with Crippen LogP contribution in [0.25, 0.3) is 0 Å². The molecule has 0 bridgehead atoms. The molecule has 1 aliphatic heterocycles. The molecule has 2 nitrogen and oxygen atoms in total. The SMILES string of the molecule is CCCCCCOc1cccc2c1CCCN2. The van der Waals surface area contributed by atoms with Crippen molar-refractivity contribution in [2.45, 2.75) is 45.4 Å². The average Bonchev–Trinajstić information content (AvgIpc) is 2.39. The molecule has 1 aromatic carbocycles. The number of anilines is 1. The third-order valence-electron chi connectivity index (χ3n) is 3.31. The summed E-state index contributed by atoms with van der Waals surface area (Å²) in [6.45, 7) is 4.18. The Hall–Kier alpha value is -1.18. The first kappa shape index (κ1) is 12.3. The van der Waals surface area contributed by atoms with E-state index >= 15 is 0 Å². The molecule has 0 aromatic heterocycles. The minimum absolute atomic E-state index is 0.858. The number of nitrogens with one attached hydrogen (secondary N) is 1. The Morgan fingerprint density at radius 2 is 2.18 bits per heavy atom. The summed E-state index contributed by atoms with van der Waals surface area (Å²) in [7, 11) is 0. The second-order valence-corrected chi connectivity index (χ2v) is 4.72. The normalized spacial score (nSPS) is 13.9. The van der Waals surface area contributed by atoms with E-state index in [4.69, 9.17) is 4.74 Å². The molecule has 0 atom stereocenters. The van der Waals surface area contributed by atoms with E-state index < -0.39 is 0 Å². The fraction of sp³-hybridized carbons (Fsp3) is 0.600. The highest BCUT2D eigenvalue weighted by atomic mass is 16.5. The number of ether oxygens (including phenoxy) is 1. The monoisotopic (exact) mass is 233 g/mol. The van der Waals surface area contributed by atoms with Crippen LogP contribution in [0.4, 0.5) is 5.69 Å². The van der Waals surface area contributed by atoms with E-state index in [9.17, 15) is 0 Å². The highest BCUT2D eigenvalue weighted by Gasteiger charge is 2.12. The first-order valence-corrected chi connectivity index (χ1v) is 6.90. The smallest absolute Gasteiger partial charge is 0.124 e. The third-order valence-corrected chi connectivity index (χ3v) is 3.31. The largest absolute Gasteiger partial charge is 0.493 e. The molecule has 0 saturated carbocycles. The number of hydrogen-bond donors (Lipinski definition) is 1. The van der Waals surface area contributed by atoms with E-state index in [-0.39, 0.29) is 0 Å². The van der Waals surface area contributed by atoms with Gasteiger partial charge in [-0.15, -0.1) is 0 Å². The quantitative estimate of drug-likeness (QED) is 0.750. The zero-order valence-electron chi connectivity index (χ0n) is 10.8. The Morgan fingerprint density at radius 1 is 1.24 bits per heavy atom. The zero-order valence-corrected chi connectivity index (χ0v) is 10.8. The summed E-state index contributed by atoms with van der Waals surface area (Å²) in [6.07, 6.45) is 7.41. The highest BCUT2D eigenvalue weighted by molar-refractivity contribution is 5.58. The van der Waals surface area contributed by atoms with Gasteiger partial charge in [-0.2, -0.15) is 0 Å². The van der Waals surface area contributed by atoms with Crippen molar-refractivity contribution in [1.82, 2.24) is 0 Å². The number of rotatable bonds is 6. The van der Waals surface area contributed by atoms with Gasteiger partial charge < -0.3 is 10.1 Å². The second-order valence-electron chi connectivity index (χ2n) is 4.72. The van der Waals surface area contributed by atoms with E-state index in [2.05, 4.69) is 30.4 Å². The van der Waals surface area contributed by atoms with Crippen LogP contribution in [0.3, 0.4) is 0 Å². The predicted octanol–water partition coefficient (Wildman–Crippen LogP) is 4.00. The van der Waals surface area contributed by atoms with Gasteiger partial charge in [0.25, 0.3) is 0 Å². The molecule has 1 aromatic rings. The summed E-state index contributed by atoms with van der Waals surface area (Å²) in [5.41, 5.74) is 2.64. The minimum Gasteiger partial charge on any atom is -0.493 e. The first-order chi connectivity index (χ1) is 8.42. The zero-order chi connectivity index (χ0) is 11.9. The fourth-order valence-corrected chi connectivity index (χ4v) is 2.32. The molecule has 1 N–H and O–H groups in total. The molecule has 2 heteroatoms. The summed E-state index contributed by atoms with van der Waals surface area (Å²) >= 11 is 0. The van der Waals surface area contributed by atoms with Gasteiger partial charge in [0.1, 0.15) is 5.75 Å². The van der Waals surface area contributed by atoms with Crippen LogP contribution in [0.5, 0.6) is 5.75 Å². The summed E-state index contributed by atoms with van der Waals surface area (Å²) in [5, 5.41) is 3.43. The fourth-order valence-electron chi connectivity index (χ4n) is 2.32. The van der Waals surface area contributed by atoms with E-state index in [1.54, 1.807) is 0 Å². The van der Waals surface area contributed by atoms with Gasteiger partial charge in [-0.1, -0.05) is 32.3 Å². The van der Waals surface area contributed by atoms with Crippen LogP contribution in [0, 0.1) is 0 Å². The molecule has 17 heavy (non-hydrogen) atoms. The third kappa shape index (κ3) is 3.39. The Balaban J connectivity index is 1.87. The van der Waals surface area contributed by atoms with Crippen LogP contribution in [-0.4, -0.2) is 13.2 Å². The topological polar surface area (TPSA) is 21.3 Å². The van der Waals surface area contributed by atoms with Crippen molar-refractivity contribution in [3.63, 3.8) is 0 Å². The molecule has 2 rings (SSSR count). The van der Waals surface area contributed by atoms with Gasteiger partial charge in [0.2, 0.25) is 0 Å². The first-order valence-electron chi connectivity index (χ1n) is 6.90. The molecule has 0 fully saturated rings. The lowest BCUT2D eigenvalue weighted by Gasteiger charge is -2.20. The molecule has 1 heterocycles. The van der Waals surface area contributed by atoms with Crippen LogP contribution in [0.15, 0.2) is 18.2 Å². The Bertz CT molecular complexity index is 349. The van der Waals surface area contributed by atoms with E-state index in [0.29, 0.717) is 0 Å². The lowest BCUT2D eigenvalue weighted by atomic mass is 10.0. The molecule has 0 radical (unpaired) electrons. The molecule has 0 saturated heterocycles. The van der Waals surface area contributed by atoms with Gasteiger partial charge in [-0.05, 0) is 31.4 Å². The molecule has 0 unspecified atom stereocenters. The van der Waals surface area contributed by atoms with Crippen LogP contribution in [0.2, 0.25) is 0 Å². The minimum atomic E-state index is 0.858. The standard InChI is InChI=1S/C15H23NO/c1-2-3-4-5-12-17-15-10-6-9-14-13(15)8-7-11-16-14/h6,9-10,16H,2-5,7-8,11-12H2,1H3. The molecular formula is C15H23NO.